The fourth-order valence-corrected chi connectivity index (χ4v) is 2.95. The van der Waals surface area contributed by atoms with Gasteiger partial charge in [-0.05, 0) is 18.6 Å². The molecule has 0 saturated heterocycles. The number of nitrogens with zero attached hydrogens (tertiary/aromatic N) is 2. The summed E-state index contributed by atoms with van der Waals surface area (Å²) < 4.78 is 15.6. The van der Waals surface area contributed by atoms with E-state index in [1.807, 2.05) is 9.78 Å². The van der Waals surface area contributed by atoms with Crippen LogP contribution in [0.2, 0.25) is 0 Å². The Balaban J connectivity index is 1.99. The molecule has 0 atom stereocenters. The number of benzene rings is 1. The second-order valence-corrected chi connectivity index (χ2v) is 5.22. The number of thiazole rings is 1. The molecule has 0 bridgehead atoms. The fourth-order valence-electron chi connectivity index (χ4n) is 2.04. The van der Waals surface area contributed by atoms with E-state index in [4.69, 9.17) is 5.11 Å². The number of fused-ring (bicyclic) bond motifs is 1. The smallest absolute Gasteiger partial charge is 0.303 e. The zero-order valence-electron chi connectivity index (χ0n) is 10.4. The van der Waals surface area contributed by atoms with Gasteiger partial charge in [0.15, 0.2) is 4.96 Å². The molecule has 3 rings (SSSR count). The number of rotatable bonds is 4. The van der Waals surface area contributed by atoms with E-state index in [-0.39, 0.29) is 12.2 Å². The van der Waals surface area contributed by atoms with Gasteiger partial charge in [0, 0.05) is 22.8 Å². The van der Waals surface area contributed by atoms with Crippen molar-refractivity contribution < 1.29 is 14.3 Å². The highest BCUT2D eigenvalue weighted by Crippen LogP contribution is 2.25. The van der Waals surface area contributed by atoms with E-state index in [0.29, 0.717) is 17.7 Å². The molecule has 0 unspecified atom stereocenters. The zero-order valence-corrected chi connectivity index (χ0v) is 11.2. The van der Waals surface area contributed by atoms with E-state index in [1.165, 1.54) is 17.4 Å². The molecule has 0 fully saturated rings. The van der Waals surface area contributed by atoms with Gasteiger partial charge in [-0.15, -0.1) is 11.3 Å². The molecular weight excluding hydrogens is 279 g/mol. The molecule has 102 valence electrons. The van der Waals surface area contributed by atoms with Crippen molar-refractivity contribution in [2.24, 2.45) is 0 Å². The van der Waals surface area contributed by atoms with Crippen LogP contribution in [0.15, 0.2) is 35.8 Å². The normalized spacial score (nSPS) is 11.1. The van der Waals surface area contributed by atoms with Crippen LogP contribution in [-0.4, -0.2) is 20.5 Å². The maximum Gasteiger partial charge on any atom is 0.303 e. The quantitative estimate of drug-likeness (QED) is 0.802. The lowest BCUT2D eigenvalue weighted by atomic mass is 10.1. The number of halogens is 1. The van der Waals surface area contributed by atoms with Gasteiger partial charge in [-0.25, -0.2) is 9.37 Å². The SMILES string of the molecule is O=C(O)CCc1csc2nc(-c3ccccc3F)cn12. The molecule has 4 nitrogen and oxygen atoms in total. The van der Waals surface area contributed by atoms with E-state index in [2.05, 4.69) is 4.98 Å². The summed E-state index contributed by atoms with van der Waals surface area (Å²) in [4.78, 5) is 15.8. The minimum atomic E-state index is -0.834. The van der Waals surface area contributed by atoms with Crippen LogP contribution < -0.4 is 0 Å². The monoisotopic (exact) mass is 290 g/mol. The van der Waals surface area contributed by atoms with Crippen LogP contribution in [0.25, 0.3) is 16.2 Å². The number of hydrogen-bond donors (Lipinski definition) is 1. The highest BCUT2D eigenvalue weighted by molar-refractivity contribution is 7.15. The first kappa shape index (κ1) is 12.8. The number of carbonyl (C=O) groups is 1. The Morgan fingerprint density at radius 2 is 2.20 bits per heavy atom. The number of aliphatic carboxylic acids is 1. The predicted octanol–water partition coefficient (Wildman–Crippen LogP) is 3.22. The second kappa shape index (κ2) is 5.05. The van der Waals surface area contributed by atoms with Crippen LogP contribution in [0.4, 0.5) is 4.39 Å². The van der Waals surface area contributed by atoms with Gasteiger partial charge in [-0.3, -0.25) is 9.20 Å². The first-order valence-corrected chi connectivity index (χ1v) is 6.95. The summed E-state index contributed by atoms with van der Waals surface area (Å²) in [5.74, 6) is -1.15. The Morgan fingerprint density at radius 1 is 1.40 bits per heavy atom. The molecule has 6 heteroatoms. The van der Waals surface area contributed by atoms with Crippen molar-refractivity contribution in [3.8, 4) is 11.3 Å². The number of aryl methyl sites for hydroxylation is 1. The summed E-state index contributed by atoms with van der Waals surface area (Å²) in [5.41, 5.74) is 1.89. The summed E-state index contributed by atoms with van der Waals surface area (Å²) in [6.45, 7) is 0. The molecule has 2 heterocycles. The molecule has 0 saturated carbocycles. The number of aromatic nitrogens is 2. The fraction of sp³-hybridized carbons (Fsp3) is 0.143. The standard InChI is InChI=1S/C14H11FN2O2S/c15-11-4-2-1-3-10(11)12-7-17-9(5-6-13(18)19)8-20-14(17)16-12/h1-4,7-8H,5-6H2,(H,18,19). The Bertz CT molecular complexity index is 778. The molecule has 0 spiro atoms. The van der Waals surface area contributed by atoms with Gasteiger partial charge in [0.2, 0.25) is 0 Å². The molecule has 0 aliphatic carbocycles. The molecule has 0 aliphatic heterocycles. The molecule has 3 aromatic rings. The third-order valence-electron chi connectivity index (χ3n) is 3.03. The van der Waals surface area contributed by atoms with Crippen molar-refractivity contribution in [2.45, 2.75) is 12.8 Å². The van der Waals surface area contributed by atoms with Gasteiger partial charge in [0.25, 0.3) is 0 Å². The van der Waals surface area contributed by atoms with Crippen molar-refractivity contribution in [2.75, 3.05) is 0 Å². The highest BCUT2D eigenvalue weighted by Gasteiger charge is 2.12. The number of carboxylic acids is 1. The Morgan fingerprint density at radius 3 is 2.95 bits per heavy atom. The van der Waals surface area contributed by atoms with Gasteiger partial charge < -0.3 is 5.11 Å². The average molecular weight is 290 g/mol. The maximum absolute atomic E-state index is 13.7. The van der Waals surface area contributed by atoms with Crippen molar-refractivity contribution >= 4 is 22.3 Å². The largest absolute Gasteiger partial charge is 0.481 e. The molecule has 1 aromatic carbocycles. The van der Waals surface area contributed by atoms with Crippen LogP contribution in [0.1, 0.15) is 12.1 Å². The zero-order chi connectivity index (χ0) is 14.1. The minimum Gasteiger partial charge on any atom is -0.481 e. The lowest BCUT2D eigenvalue weighted by Gasteiger charge is -1.98. The predicted molar refractivity (Wildman–Crippen MR) is 74.4 cm³/mol. The van der Waals surface area contributed by atoms with E-state index >= 15 is 0 Å². The Labute approximate surface area is 118 Å². The number of imidazole rings is 1. The van der Waals surface area contributed by atoms with E-state index in [0.717, 1.165) is 10.7 Å². The molecular formula is C14H11FN2O2S. The van der Waals surface area contributed by atoms with Crippen LogP contribution >= 0.6 is 11.3 Å². The first-order valence-electron chi connectivity index (χ1n) is 6.07. The van der Waals surface area contributed by atoms with Crippen LogP contribution in [0, 0.1) is 5.82 Å². The van der Waals surface area contributed by atoms with Crippen molar-refractivity contribution in [3.63, 3.8) is 0 Å². The second-order valence-electron chi connectivity index (χ2n) is 4.38. The van der Waals surface area contributed by atoms with Gasteiger partial charge in [0.05, 0.1) is 12.1 Å². The molecule has 0 radical (unpaired) electrons. The van der Waals surface area contributed by atoms with Crippen molar-refractivity contribution in [1.82, 2.24) is 9.38 Å². The lowest BCUT2D eigenvalue weighted by molar-refractivity contribution is -0.136. The van der Waals surface area contributed by atoms with E-state index in [1.54, 1.807) is 24.4 Å². The van der Waals surface area contributed by atoms with Crippen LogP contribution in [0.5, 0.6) is 0 Å². The van der Waals surface area contributed by atoms with Gasteiger partial charge in [-0.2, -0.15) is 0 Å². The third kappa shape index (κ3) is 2.30. The lowest BCUT2D eigenvalue weighted by Crippen LogP contribution is -1.99. The van der Waals surface area contributed by atoms with Crippen molar-refractivity contribution in [1.29, 1.82) is 0 Å². The highest BCUT2D eigenvalue weighted by atomic mass is 32.1. The third-order valence-corrected chi connectivity index (χ3v) is 3.92. The number of hydrogen-bond acceptors (Lipinski definition) is 3. The topological polar surface area (TPSA) is 54.6 Å². The van der Waals surface area contributed by atoms with Crippen LogP contribution in [0.3, 0.4) is 0 Å². The van der Waals surface area contributed by atoms with Gasteiger partial charge >= 0.3 is 5.97 Å². The van der Waals surface area contributed by atoms with E-state index < -0.39 is 5.97 Å². The summed E-state index contributed by atoms with van der Waals surface area (Å²) in [6, 6.07) is 6.47. The van der Waals surface area contributed by atoms with Crippen molar-refractivity contribution in [3.05, 3.63) is 47.4 Å². The van der Waals surface area contributed by atoms with Crippen LogP contribution in [-0.2, 0) is 11.2 Å². The average Bonchev–Trinajstić information content (AvgIpc) is 2.97. The maximum atomic E-state index is 13.7. The number of carboxylic acid groups (broad SMARTS) is 1. The molecule has 2 aromatic heterocycles. The summed E-state index contributed by atoms with van der Waals surface area (Å²) in [6.07, 6.45) is 2.25. The van der Waals surface area contributed by atoms with E-state index in [9.17, 15) is 9.18 Å². The Kier molecular flexibility index (Phi) is 3.23. The minimum absolute atomic E-state index is 0.0685. The summed E-state index contributed by atoms with van der Waals surface area (Å²) in [5, 5.41) is 10.6. The summed E-state index contributed by atoms with van der Waals surface area (Å²) >= 11 is 1.42. The molecule has 0 aliphatic rings. The summed E-state index contributed by atoms with van der Waals surface area (Å²) in [7, 11) is 0. The molecule has 0 amide bonds. The van der Waals surface area contributed by atoms with Gasteiger partial charge in [0.1, 0.15) is 5.82 Å². The van der Waals surface area contributed by atoms with Gasteiger partial charge in [-0.1, -0.05) is 12.1 Å². The molecule has 20 heavy (non-hydrogen) atoms. The molecule has 1 N–H and O–H groups in total. The first-order chi connectivity index (χ1) is 9.65. The Hall–Kier alpha value is -2.21.